The molecule has 1 N–H and O–H groups in total. The van der Waals surface area contributed by atoms with E-state index in [4.69, 9.17) is 16.3 Å². The normalized spacial score (nSPS) is 11.3. The summed E-state index contributed by atoms with van der Waals surface area (Å²) in [6, 6.07) is 9.01. The fourth-order valence-corrected chi connectivity index (χ4v) is 2.43. The predicted octanol–water partition coefficient (Wildman–Crippen LogP) is 4.14. The quantitative estimate of drug-likeness (QED) is 0.445. The zero-order chi connectivity index (χ0) is 19.3. The number of benzene rings is 2. The van der Waals surface area contributed by atoms with Gasteiger partial charge in [0, 0.05) is 7.11 Å². The number of nitrogens with zero attached hydrogens (tertiary/aromatic N) is 2. The Bertz CT molecular complexity index is 854. The van der Waals surface area contributed by atoms with E-state index in [0.29, 0.717) is 11.3 Å². The molecule has 0 unspecified atom stereocenters. The number of methoxy groups -OCH3 is 1. The molecule has 0 aliphatic rings. The van der Waals surface area contributed by atoms with Crippen LogP contribution < -0.4 is 0 Å². The molecule has 2 aromatic rings. The lowest BCUT2D eigenvalue weighted by atomic mass is 10.1. The first kappa shape index (κ1) is 19.6. The van der Waals surface area contributed by atoms with E-state index in [-0.39, 0.29) is 23.0 Å². The van der Waals surface area contributed by atoms with E-state index >= 15 is 0 Å². The Morgan fingerprint density at radius 2 is 1.92 bits per heavy atom. The van der Waals surface area contributed by atoms with Gasteiger partial charge in [0.05, 0.1) is 16.8 Å². The highest BCUT2D eigenvalue weighted by Gasteiger charge is 2.20. The summed E-state index contributed by atoms with van der Waals surface area (Å²) in [5, 5.41) is 14.1. The third-order valence-electron chi connectivity index (χ3n) is 3.40. The standard InChI is InChI=1S/C18H15ClF2N2O3/c1-11(12-6-8-13(20)9-7-12)23(10-26-2)22-17(19)16-14(18(24)25)4-3-5-15(16)21/h3-9H,1,10H2,2H3,(H,24,25)/b22-17-. The third-order valence-corrected chi connectivity index (χ3v) is 3.66. The Balaban J connectivity index is 2.44. The van der Waals surface area contributed by atoms with Crippen molar-refractivity contribution in [3.63, 3.8) is 0 Å². The second-order valence-electron chi connectivity index (χ2n) is 5.13. The molecular formula is C18H15ClF2N2O3. The van der Waals surface area contributed by atoms with Crippen molar-refractivity contribution in [1.82, 2.24) is 5.01 Å². The summed E-state index contributed by atoms with van der Waals surface area (Å²) in [4.78, 5) is 11.3. The Labute approximate surface area is 153 Å². The van der Waals surface area contributed by atoms with Gasteiger partial charge in [-0.15, -0.1) is 0 Å². The van der Waals surface area contributed by atoms with Crippen LogP contribution in [0.1, 0.15) is 21.5 Å². The van der Waals surface area contributed by atoms with Gasteiger partial charge in [0.25, 0.3) is 0 Å². The maximum Gasteiger partial charge on any atom is 0.336 e. The van der Waals surface area contributed by atoms with Gasteiger partial charge in [0.1, 0.15) is 18.4 Å². The van der Waals surface area contributed by atoms with E-state index in [0.717, 1.165) is 6.07 Å². The van der Waals surface area contributed by atoms with Gasteiger partial charge in [-0.2, -0.15) is 5.10 Å². The van der Waals surface area contributed by atoms with Crippen molar-refractivity contribution in [2.75, 3.05) is 13.8 Å². The molecular weight excluding hydrogens is 366 g/mol. The summed E-state index contributed by atoms with van der Waals surface area (Å²) < 4.78 is 32.2. The highest BCUT2D eigenvalue weighted by atomic mass is 35.5. The summed E-state index contributed by atoms with van der Waals surface area (Å²) >= 11 is 6.10. The van der Waals surface area contributed by atoms with E-state index < -0.39 is 17.6 Å². The lowest BCUT2D eigenvalue weighted by Gasteiger charge is -2.21. The number of ether oxygens (including phenoxy) is 1. The first-order valence-corrected chi connectivity index (χ1v) is 7.70. The zero-order valence-electron chi connectivity index (χ0n) is 13.7. The summed E-state index contributed by atoms with van der Waals surface area (Å²) in [5.74, 6) is -2.59. The molecule has 26 heavy (non-hydrogen) atoms. The van der Waals surface area contributed by atoms with E-state index in [9.17, 15) is 18.7 Å². The molecule has 0 aliphatic carbocycles. The van der Waals surface area contributed by atoms with Crippen molar-refractivity contribution in [2.24, 2.45) is 5.10 Å². The molecule has 0 radical (unpaired) electrons. The van der Waals surface area contributed by atoms with Crippen LogP contribution in [0.3, 0.4) is 0 Å². The number of hydrogen-bond donors (Lipinski definition) is 1. The molecule has 0 amide bonds. The fraction of sp³-hybridized carbons (Fsp3) is 0.111. The second kappa shape index (κ2) is 8.55. The molecule has 0 aromatic heterocycles. The minimum atomic E-state index is -1.34. The minimum absolute atomic E-state index is 0.0940. The second-order valence-corrected chi connectivity index (χ2v) is 5.49. The SMILES string of the molecule is C=C(c1ccc(F)cc1)N(COC)/N=C(\Cl)c1c(F)cccc1C(=O)O. The number of halogens is 3. The lowest BCUT2D eigenvalue weighted by Crippen LogP contribution is -2.20. The van der Waals surface area contributed by atoms with Crippen molar-refractivity contribution >= 4 is 28.4 Å². The number of hydrogen-bond acceptors (Lipinski definition) is 4. The van der Waals surface area contributed by atoms with Crippen molar-refractivity contribution in [2.45, 2.75) is 0 Å². The molecule has 136 valence electrons. The summed E-state index contributed by atoms with van der Waals surface area (Å²) in [7, 11) is 1.40. The number of carbonyl (C=O) groups is 1. The molecule has 0 fully saturated rings. The fourth-order valence-electron chi connectivity index (χ4n) is 2.15. The summed E-state index contributed by atoms with van der Waals surface area (Å²) in [6.07, 6.45) is 0. The minimum Gasteiger partial charge on any atom is -0.478 e. The molecule has 0 saturated carbocycles. The highest BCUT2D eigenvalue weighted by molar-refractivity contribution is 6.70. The Morgan fingerprint density at radius 3 is 2.50 bits per heavy atom. The lowest BCUT2D eigenvalue weighted by molar-refractivity contribution is 0.0696. The smallest absolute Gasteiger partial charge is 0.336 e. The van der Waals surface area contributed by atoms with Gasteiger partial charge in [-0.05, 0) is 42.0 Å². The molecule has 0 spiro atoms. The predicted molar refractivity (Wildman–Crippen MR) is 94.9 cm³/mol. The number of rotatable bonds is 7. The number of hydrazone groups is 1. The van der Waals surface area contributed by atoms with Crippen LogP contribution in [0.15, 0.2) is 54.1 Å². The van der Waals surface area contributed by atoms with Crippen LogP contribution >= 0.6 is 11.6 Å². The van der Waals surface area contributed by atoms with Crippen molar-refractivity contribution in [3.05, 3.63) is 77.4 Å². The van der Waals surface area contributed by atoms with Gasteiger partial charge in [-0.25, -0.2) is 18.6 Å². The maximum atomic E-state index is 14.1. The first-order valence-electron chi connectivity index (χ1n) is 7.32. The monoisotopic (exact) mass is 380 g/mol. The maximum absolute atomic E-state index is 14.1. The van der Waals surface area contributed by atoms with Crippen molar-refractivity contribution < 1.29 is 23.4 Å². The molecule has 2 aromatic carbocycles. The highest BCUT2D eigenvalue weighted by Crippen LogP contribution is 2.22. The van der Waals surface area contributed by atoms with E-state index in [1.807, 2.05) is 0 Å². The van der Waals surface area contributed by atoms with Crippen LogP contribution in [0.4, 0.5) is 8.78 Å². The molecule has 0 atom stereocenters. The molecule has 0 saturated heterocycles. The molecule has 2 rings (SSSR count). The van der Waals surface area contributed by atoms with Crippen LogP contribution in [-0.4, -0.2) is 35.1 Å². The topological polar surface area (TPSA) is 62.1 Å². The van der Waals surface area contributed by atoms with Gasteiger partial charge >= 0.3 is 5.97 Å². The van der Waals surface area contributed by atoms with Crippen molar-refractivity contribution in [3.8, 4) is 0 Å². The van der Waals surface area contributed by atoms with E-state index in [1.54, 1.807) is 0 Å². The molecule has 0 bridgehead atoms. The molecule has 0 aliphatic heterocycles. The first-order chi connectivity index (χ1) is 12.3. The summed E-state index contributed by atoms with van der Waals surface area (Å²) in [5.41, 5.74) is 0.153. The Morgan fingerprint density at radius 1 is 1.27 bits per heavy atom. The molecule has 0 heterocycles. The molecule has 8 heteroatoms. The average molecular weight is 381 g/mol. The van der Waals surface area contributed by atoms with Crippen LogP contribution in [0.5, 0.6) is 0 Å². The van der Waals surface area contributed by atoms with Gasteiger partial charge in [-0.3, -0.25) is 0 Å². The van der Waals surface area contributed by atoms with Crippen LogP contribution in [0.25, 0.3) is 5.70 Å². The average Bonchev–Trinajstić information content (AvgIpc) is 2.61. The van der Waals surface area contributed by atoms with Gasteiger partial charge < -0.3 is 9.84 Å². The largest absolute Gasteiger partial charge is 0.478 e. The zero-order valence-corrected chi connectivity index (χ0v) is 14.5. The number of carboxylic acid groups (broad SMARTS) is 1. The van der Waals surface area contributed by atoms with Gasteiger partial charge in [0.2, 0.25) is 0 Å². The number of carboxylic acids is 1. The van der Waals surface area contributed by atoms with Gasteiger partial charge in [0.15, 0.2) is 5.17 Å². The molecule has 5 nitrogen and oxygen atoms in total. The Hall–Kier alpha value is -2.77. The van der Waals surface area contributed by atoms with Crippen molar-refractivity contribution in [1.29, 1.82) is 0 Å². The van der Waals surface area contributed by atoms with Crippen LogP contribution in [0.2, 0.25) is 0 Å². The van der Waals surface area contributed by atoms with Crippen LogP contribution in [-0.2, 0) is 4.74 Å². The number of aromatic carboxylic acids is 1. The third kappa shape index (κ3) is 4.44. The van der Waals surface area contributed by atoms with E-state index in [2.05, 4.69) is 11.7 Å². The van der Waals surface area contributed by atoms with Crippen LogP contribution in [0, 0.1) is 11.6 Å². The van der Waals surface area contributed by atoms with Gasteiger partial charge in [-0.1, -0.05) is 24.2 Å². The summed E-state index contributed by atoms with van der Waals surface area (Å²) in [6.45, 7) is 3.75. The Kier molecular flexibility index (Phi) is 6.43. The van der Waals surface area contributed by atoms with E-state index in [1.165, 1.54) is 48.5 Å².